The Balaban J connectivity index is 2.42. The van der Waals surface area contributed by atoms with Crippen molar-refractivity contribution < 1.29 is 9.47 Å². The summed E-state index contributed by atoms with van der Waals surface area (Å²) in [6, 6.07) is 0. The monoisotopic (exact) mass is 456 g/mol. The summed E-state index contributed by atoms with van der Waals surface area (Å²) < 4.78 is 15.7. The molecule has 2 nitrogen and oxygen atoms in total. The zero-order chi connectivity index (χ0) is 18.2. The summed E-state index contributed by atoms with van der Waals surface area (Å²) in [6.45, 7) is 8.58. The number of hydrogen-bond acceptors (Lipinski definition) is 2. The average molecular weight is 455 g/mol. The summed E-state index contributed by atoms with van der Waals surface area (Å²) in [5.74, 6) is 3.45. The van der Waals surface area contributed by atoms with Crippen LogP contribution in [0, 0.1) is 9.86 Å². The molecule has 0 saturated carbocycles. The molecule has 0 aliphatic carbocycles. The van der Waals surface area contributed by atoms with Crippen molar-refractivity contribution >= 4 is 21.1 Å². The van der Waals surface area contributed by atoms with Gasteiger partial charge in [-0.25, -0.2) is 0 Å². The standard InChI is InChI=1S/C13H27.C9H13O2.Sn/c1-4-7-10-13(11-8-5-2)12-9-6-3;1-2-3-7-10-9-6-4-5-8-11-9;/h4-12H2,1-3H3;9H,3-8H2;. The topological polar surface area (TPSA) is 18.5 Å². The van der Waals surface area contributed by atoms with E-state index in [4.69, 9.17) is 9.47 Å². The fraction of sp³-hybridized carbons (Fsp3) is 0.909. The Morgan fingerprint density at radius 2 is 1.64 bits per heavy atom. The summed E-state index contributed by atoms with van der Waals surface area (Å²) in [7, 11) is 0. The van der Waals surface area contributed by atoms with Crippen LogP contribution in [0.3, 0.4) is 0 Å². The maximum absolute atomic E-state index is 5.80. The Hall–Kier alpha value is 0.279. The van der Waals surface area contributed by atoms with Gasteiger partial charge in [0.25, 0.3) is 0 Å². The molecule has 1 aliphatic rings. The SMILES string of the molecule is CCCC[C](CCCC)(CCCC)[Sn][C]#CCCOC1CCCCO1. The number of rotatable bonds is 13. The molecule has 0 aromatic heterocycles. The molecule has 0 aromatic rings. The molecule has 144 valence electrons. The van der Waals surface area contributed by atoms with Crippen LogP contribution in [0.5, 0.6) is 0 Å². The first kappa shape index (κ1) is 23.3. The van der Waals surface area contributed by atoms with Crippen LogP contribution >= 0.6 is 0 Å². The predicted octanol–water partition coefficient (Wildman–Crippen LogP) is 6.31. The summed E-state index contributed by atoms with van der Waals surface area (Å²) in [5, 5.41) is 0. The van der Waals surface area contributed by atoms with E-state index in [9.17, 15) is 0 Å². The first-order valence-corrected chi connectivity index (χ1v) is 13.6. The van der Waals surface area contributed by atoms with Gasteiger partial charge in [0.05, 0.1) is 0 Å². The quantitative estimate of drug-likeness (QED) is 0.184. The van der Waals surface area contributed by atoms with Crippen LogP contribution in [-0.4, -0.2) is 40.6 Å². The Morgan fingerprint density at radius 1 is 1.00 bits per heavy atom. The fourth-order valence-electron chi connectivity index (χ4n) is 3.43. The molecule has 0 aromatic carbocycles. The molecule has 0 bridgehead atoms. The van der Waals surface area contributed by atoms with Crippen molar-refractivity contribution in [2.45, 2.75) is 114 Å². The maximum atomic E-state index is 5.80. The van der Waals surface area contributed by atoms with Gasteiger partial charge >= 0.3 is 168 Å². The second kappa shape index (κ2) is 15.3. The summed E-state index contributed by atoms with van der Waals surface area (Å²) >= 11 is -0.659. The molecule has 1 unspecified atom stereocenters. The van der Waals surface area contributed by atoms with Gasteiger partial charge in [0, 0.05) is 0 Å². The van der Waals surface area contributed by atoms with Crippen LogP contribution in [0.15, 0.2) is 0 Å². The molecular formula is C22H40O2Sn. The first-order valence-electron chi connectivity index (χ1n) is 10.7. The zero-order valence-electron chi connectivity index (χ0n) is 17.0. The van der Waals surface area contributed by atoms with E-state index in [2.05, 4.69) is 30.6 Å². The molecular weight excluding hydrogens is 415 g/mol. The Bertz CT molecular complexity index is 344. The summed E-state index contributed by atoms with van der Waals surface area (Å²) in [6.07, 6.45) is 16.8. The van der Waals surface area contributed by atoms with E-state index in [1.54, 1.807) is 0 Å². The third-order valence-corrected chi connectivity index (χ3v) is 9.63. The van der Waals surface area contributed by atoms with Crippen LogP contribution in [-0.2, 0) is 9.47 Å². The third kappa shape index (κ3) is 10.9. The second-order valence-corrected chi connectivity index (χ2v) is 11.9. The molecule has 1 saturated heterocycles. The van der Waals surface area contributed by atoms with Crippen LogP contribution < -0.4 is 0 Å². The van der Waals surface area contributed by atoms with Crippen molar-refractivity contribution in [2.75, 3.05) is 13.2 Å². The number of hydrogen-bond donors (Lipinski definition) is 0. The van der Waals surface area contributed by atoms with E-state index in [1.165, 1.54) is 70.6 Å². The van der Waals surface area contributed by atoms with E-state index in [0.717, 1.165) is 26.1 Å². The molecule has 1 fully saturated rings. The van der Waals surface area contributed by atoms with Gasteiger partial charge in [-0.1, -0.05) is 0 Å². The number of unbranched alkanes of at least 4 members (excludes halogenated alkanes) is 3. The Kier molecular flexibility index (Phi) is 14.3. The van der Waals surface area contributed by atoms with E-state index >= 15 is 0 Å². The van der Waals surface area contributed by atoms with E-state index < -0.39 is 21.1 Å². The Morgan fingerprint density at radius 3 is 2.16 bits per heavy atom. The molecule has 1 rings (SSSR count). The summed E-state index contributed by atoms with van der Waals surface area (Å²) in [4.78, 5) is 0. The number of ether oxygens (including phenoxy) is 2. The molecule has 0 N–H and O–H groups in total. The second-order valence-electron chi connectivity index (χ2n) is 7.43. The summed E-state index contributed by atoms with van der Waals surface area (Å²) in [5.41, 5.74) is 0. The van der Waals surface area contributed by atoms with Crippen LogP contribution in [0.1, 0.15) is 104 Å². The van der Waals surface area contributed by atoms with E-state index in [1.807, 2.05) is 0 Å². The minimum absolute atomic E-state index is 0.0355. The van der Waals surface area contributed by atoms with Crippen molar-refractivity contribution in [1.29, 1.82) is 0 Å². The van der Waals surface area contributed by atoms with Crippen molar-refractivity contribution in [3.63, 3.8) is 0 Å². The molecule has 0 amide bonds. The van der Waals surface area contributed by atoms with Gasteiger partial charge in [0.15, 0.2) is 0 Å². The van der Waals surface area contributed by atoms with Crippen LogP contribution in [0.25, 0.3) is 0 Å². The molecule has 2 radical (unpaired) electrons. The third-order valence-electron chi connectivity index (χ3n) is 5.11. The van der Waals surface area contributed by atoms with Crippen molar-refractivity contribution in [3.05, 3.63) is 0 Å². The average Bonchev–Trinajstić information content (AvgIpc) is 2.66. The van der Waals surface area contributed by atoms with Crippen molar-refractivity contribution in [3.8, 4) is 9.86 Å². The molecule has 3 heteroatoms. The van der Waals surface area contributed by atoms with Gasteiger partial charge in [-0.2, -0.15) is 0 Å². The zero-order valence-corrected chi connectivity index (χ0v) is 19.9. The van der Waals surface area contributed by atoms with Gasteiger partial charge < -0.3 is 0 Å². The molecule has 25 heavy (non-hydrogen) atoms. The molecule has 0 spiro atoms. The van der Waals surface area contributed by atoms with Crippen molar-refractivity contribution in [1.82, 2.24) is 0 Å². The molecule has 1 aliphatic heterocycles. The van der Waals surface area contributed by atoms with Crippen LogP contribution in [0.4, 0.5) is 0 Å². The normalized spacial score (nSPS) is 18.0. The van der Waals surface area contributed by atoms with Gasteiger partial charge in [0.1, 0.15) is 0 Å². The van der Waals surface area contributed by atoms with Gasteiger partial charge in [-0.15, -0.1) is 0 Å². The molecule has 1 heterocycles. The molecule has 1 atom stereocenters. The van der Waals surface area contributed by atoms with Gasteiger partial charge in [-0.05, 0) is 0 Å². The van der Waals surface area contributed by atoms with Crippen LogP contribution in [0.2, 0.25) is 3.43 Å². The fourth-order valence-corrected chi connectivity index (χ4v) is 7.38. The van der Waals surface area contributed by atoms with Gasteiger partial charge in [-0.3, -0.25) is 0 Å². The van der Waals surface area contributed by atoms with Crippen molar-refractivity contribution in [2.24, 2.45) is 0 Å². The van der Waals surface area contributed by atoms with Gasteiger partial charge in [0.2, 0.25) is 0 Å². The first-order chi connectivity index (χ1) is 12.3. The minimum atomic E-state index is -0.659. The predicted molar refractivity (Wildman–Crippen MR) is 109 cm³/mol. The van der Waals surface area contributed by atoms with E-state index in [-0.39, 0.29) is 6.29 Å². The van der Waals surface area contributed by atoms with E-state index in [0.29, 0.717) is 3.43 Å². The Labute approximate surface area is 167 Å².